The first kappa shape index (κ1) is 28.9. The van der Waals surface area contributed by atoms with Gasteiger partial charge < -0.3 is 10.1 Å². The summed E-state index contributed by atoms with van der Waals surface area (Å²) in [5.41, 5.74) is -0.547. The summed E-state index contributed by atoms with van der Waals surface area (Å²) in [6, 6.07) is -0.235. The van der Waals surface area contributed by atoms with Crippen LogP contribution in [-0.2, 0) is 32.6 Å². The van der Waals surface area contributed by atoms with Gasteiger partial charge in [0.2, 0.25) is 0 Å². The summed E-state index contributed by atoms with van der Waals surface area (Å²) in [7, 11) is -1.14. The zero-order chi connectivity index (χ0) is 21.5. The smallest absolute Gasteiger partial charge is 0.444 e. The number of alkyl carbamates (subject to hydrolysis) is 1. The molecule has 0 aromatic rings. The normalized spacial score (nSPS) is 20.4. The number of carbonyl (C=O) groups is 1. The maximum Gasteiger partial charge on any atom is 2.00 e. The van der Waals surface area contributed by atoms with Crippen molar-refractivity contribution in [1.82, 2.24) is 5.32 Å². The number of hydrogen-bond acceptors (Lipinski definition) is 3. The molecule has 0 unspecified atom stereocenters. The molecule has 162 valence electrons. The summed E-state index contributed by atoms with van der Waals surface area (Å²) in [4.78, 5) is 12.1. The van der Waals surface area contributed by atoms with Crippen molar-refractivity contribution in [3.05, 3.63) is 62.5 Å². The molecule has 2 saturated carbocycles. The Balaban J connectivity index is 0.00000113. The second-order valence-electron chi connectivity index (χ2n) is 9.06. The first-order valence-corrected chi connectivity index (χ1v) is 10.8. The molecule has 2 rings (SSSR count). The first-order chi connectivity index (χ1) is 12.8. The van der Waals surface area contributed by atoms with Gasteiger partial charge in [0, 0.05) is 27.5 Å². The summed E-state index contributed by atoms with van der Waals surface area (Å²) in [6.45, 7) is 15.4. The number of hydrogen-bond donors (Lipinski definition) is 1. The predicted molar refractivity (Wildman–Crippen MR) is 117 cm³/mol. The summed E-state index contributed by atoms with van der Waals surface area (Å²) >= 11 is 0. The van der Waals surface area contributed by atoms with Crippen molar-refractivity contribution in [1.29, 1.82) is 0 Å². The van der Waals surface area contributed by atoms with Crippen LogP contribution >= 0.6 is 0 Å². The molecule has 4 nitrogen and oxygen atoms in total. The molecule has 1 N–H and O–H groups in total. The third-order valence-electron chi connectivity index (χ3n) is 3.79. The van der Waals surface area contributed by atoms with Crippen molar-refractivity contribution in [3.8, 4) is 0 Å². The molecule has 10 radical (unpaired) electrons. The fourth-order valence-corrected chi connectivity index (χ4v) is 3.80. The van der Waals surface area contributed by atoms with Crippen LogP contribution < -0.4 is 5.32 Å². The van der Waals surface area contributed by atoms with Crippen molar-refractivity contribution in [2.24, 2.45) is 5.92 Å². The minimum atomic E-state index is -1.14. The molecule has 0 saturated heterocycles. The quantitative estimate of drug-likeness (QED) is 0.610. The second kappa shape index (κ2) is 12.7. The Bertz CT molecular complexity index is 500. The molecule has 29 heavy (non-hydrogen) atoms. The van der Waals surface area contributed by atoms with E-state index in [0.717, 1.165) is 11.2 Å². The number of rotatable bonds is 4. The van der Waals surface area contributed by atoms with Gasteiger partial charge in [0.25, 0.3) is 0 Å². The molecular weight excluding hydrogens is 426 g/mol. The zero-order valence-corrected chi connectivity index (χ0v) is 20.7. The maximum absolute atomic E-state index is 12.8. The molecule has 2 aliphatic rings. The van der Waals surface area contributed by atoms with Crippen LogP contribution in [0.15, 0.2) is 0 Å². The topological polar surface area (TPSA) is 55.4 Å². The Kier molecular flexibility index (Phi) is 12.7. The Labute approximate surface area is 193 Å². The van der Waals surface area contributed by atoms with Crippen LogP contribution in [0.2, 0.25) is 0 Å². The predicted octanol–water partition coefficient (Wildman–Crippen LogP) is 4.83. The summed E-state index contributed by atoms with van der Waals surface area (Å²) in [5.74, 6) is 1.06. The van der Waals surface area contributed by atoms with Crippen molar-refractivity contribution in [2.75, 3.05) is 0 Å². The molecule has 2 fully saturated rings. The third kappa shape index (κ3) is 10.7. The van der Waals surface area contributed by atoms with E-state index in [1.165, 1.54) is 0 Å². The summed E-state index contributed by atoms with van der Waals surface area (Å²) < 4.78 is 17.8. The van der Waals surface area contributed by atoms with E-state index in [1.54, 1.807) is 0 Å². The Hall–Kier alpha value is -0.0605. The molecule has 0 aromatic carbocycles. The number of amides is 1. The van der Waals surface area contributed by atoms with E-state index in [-0.39, 0.29) is 33.8 Å². The second-order valence-corrected chi connectivity index (χ2v) is 11.3. The fourth-order valence-electron chi connectivity index (χ4n) is 2.53. The fraction of sp³-hybridized carbons (Fsp3) is 0.522. The van der Waals surface area contributed by atoms with Crippen LogP contribution in [0.25, 0.3) is 0 Å². The van der Waals surface area contributed by atoms with E-state index in [0.29, 0.717) is 0 Å². The van der Waals surface area contributed by atoms with Crippen LogP contribution in [0.5, 0.6) is 0 Å². The molecule has 0 aliphatic heterocycles. The van der Waals surface area contributed by atoms with Crippen molar-refractivity contribution in [2.45, 2.75) is 71.8 Å². The molecule has 6 heteroatoms. The molecule has 2 atom stereocenters. The van der Waals surface area contributed by atoms with Crippen LogP contribution in [0.3, 0.4) is 0 Å². The maximum atomic E-state index is 12.8. The van der Waals surface area contributed by atoms with Crippen LogP contribution in [0.4, 0.5) is 4.79 Å². The van der Waals surface area contributed by atoms with Gasteiger partial charge in [-0.2, -0.15) is 0 Å². The van der Waals surface area contributed by atoms with Gasteiger partial charge in [-0.05, 0) is 98.8 Å². The Morgan fingerprint density at radius 2 is 1.41 bits per heavy atom. The van der Waals surface area contributed by atoms with Gasteiger partial charge >= 0.3 is 23.2 Å². The Morgan fingerprint density at radius 1 is 0.931 bits per heavy atom. The Morgan fingerprint density at radius 3 is 1.79 bits per heavy atom. The largest absolute Gasteiger partial charge is 2.00 e. The monoisotopic (exact) mass is 461 g/mol. The van der Waals surface area contributed by atoms with E-state index in [1.807, 2.05) is 107 Å². The SMILES string of the molecule is CC(C)[C@H](NC(=O)OC(C)(C)C)[C]1[CH][CH][CH][C]1[S@@](=O)C(C)(C)C.[CH]1[CH][CH][CH][CH]1.[Fe+2]. The molecule has 2 aliphatic carbocycles. The van der Waals surface area contributed by atoms with E-state index < -0.39 is 22.5 Å². The average Bonchev–Trinajstić information content (AvgIpc) is 3.23. The summed E-state index contributed by atoms with van der Waals surface area (Å²) in [6.07, 6.45) is 15.2. The van der Waals surface area contributed by atoms with E-state index in [9.17, 15) is 9.00 Å². The number of carbonyl (C=O) groups excluding carboxylic acids is 1. The minimum Gasteiger partial charge on any atom is -0.444 e. The van der Waals surface area contributed by atoms with Crippen molar-refractivity contribution < 1.29 is 30.8 Å². The van der Waals surface area contributed by atoms with Crippen LogP contribution in [0, 0.1) is 68.5 Å². The van der Waals surface area contributed by atoms with Crippen LogP contribution in [0.1, 0.15) is 55.4 Å². The molecule has 0 aromatic heterocycles. The molecule has 0 heterocycles. The van der Waals surface area contributed by atoms with Gasteiger partial charge in [0.1, 0.15) is 5.60 Å². The van der Waals surface area contributed by atoms with Gasteiger partial charge in [-0.25, -0.2) is 4.79 Å². The van der Waals surface area contributed by atoms with E-state index in [2.05, 4.69) is 5.32 Å². The van der Waals surface area contributed by atoms with Crippen molar-refractivity contribution >= 4 is 16.9 Å². The van der Waals surface area contributed by atoms with Gasteiger partial charge in [-0.15, -0.1) is 0 Å². The minimum absolute atomic E-state index is 0. The molecule has 0 spiro atoms. The van der Waals surface area contributed by atoms with Gasteiger partial charge in [-0.1, -0.05) is 13.8 Å². The molecule has 1 amide bonds. The number of nitrogens with one attached hydrogen (secondary N) is 1. The third-order valence-corrected chi connectivity index (χ3v) is 5.68. The number of ether oxygens (including phenoxy) is 1. The van der Waals surface area contributed by atoms with E-state index >= 15 is 0 Å². The molecule has 0 bridgehead atoms. The zero-order valence-electron chi connectivity index (χ0n) is 18.8. The van der Waals surface area contributed by atoms with Gasteiger partial charge in [0.15, 0.2) is 0 Å². The molecular formula is C23H35FeNO3S+2. The van der Waals surface area contributed by atoms with E-state index in [4.69, 9.17) is 4.74 Å². The first-order valence-electron chi connectivity index (χ1n) is 9.66. The average molecular weight is 461 g/mol. The van der Waals surface area contributed by atoms with Crippen LogP contribution in [-0.4, -0.2) is 26.7 Å². The standard InChI is InChI=1S/C18H30NO3S.C5H5.Fe/c1-12(2)15(19-16(20)22-17(3,4)5)13-10-9-11-14(13)23(21)18(6,7)8;1-2-4-5-3-1;/h9-12,15H,1-8H3,(H,19,20);1-5H;/q;;+2/t15-,23+;;/m0../s1. The van der Waals surface area contributed by atoms with Gasteiger partial charge in [-0.3, -0.25) is 4.21 Å². The summed E-state index contributed by atoms with van der Waals surface area (Å²) in [5, 5.41) is 3.71. The van der Waals surface area contributed by atoms with Gasteiger partial charge in [0.05, 0.1) is 5.25 Å². The van der Waals surface area contributed by atoms with Crippen molar-refractivity contribution in [3.63, 3.8) is 0 Å².